The van der Waals surface area contributed by atoms with Gasteiger partial charge in [0.2, 0.25) is 0 Å². The van der Waals surface area contributed by atoms with Gasteiger partial charge in [0.25, 0.3) is 0 Å². The Labute approximate surface area is 239 Å². The maximum Gasteiger partial charge on any atom is 0.573 e. The van der Waals surface area contributed by atoms with Crippen molar-refractivity contribution < 1.29 is 22.6 Å². The molecular formula is C29H27F3N6O2S. The third kappa shape index (κ3) is 6.54. The number of rotatable bonds is 7. The Morgan fingerprint density at radius 1 is 1.00 bits per heavy atom. The van der Waals surface area contributed by atoms with Crippen LogP contribution in [0.4, 0.5) is 18.9 Å². The summed E-state index contributed by atoms with van der Waals surface area (Å²) in [5.41, 5.74) is 5.55. The van der Waals surface area contributed by atoms with Gasteiger partial charge in [0.1, 0.15) is 17.8 Å². The van der Waals surface area contributed by atoms with Crippen LogP contribution in [0.2, 0.25) is 0 Å². The first-order chi connectivity index (χ1) is 19.6. The highest BCUT2D eigenvalue weighted by Crippen LogP contribution is 2.37. The van der Waals surface area contributed by atoms with Crippen molar-refractivity contribution in [2.24, 2.45) is 10.2 Å². The van der Waals surface area contributed by atoms with Crippen molar-refractivity contribution in [3.63, 3.8) is 0 Å². The number of aromatic nitrogens is 3. The number of anilines is 1. The standard InChI is InChI=1S/C29H27F3N6O2S/c1-18-13-25(39-4)14-19(2)26(18)38-20(3)16-41-28(38)35-34-15-21-5-7-22(8-6-21)27-33-17-37(36-27)23-9-11-24(12-10-23)40-29(30,31)32/h5-15,17,20H,16H2,1-4H3. The van der Waals surface area contributed by atoms with Crippen LogP contribution in [0.1, 0.15) is 23.6 Å². The molecule has 1 atom stereocenters. The zero-order valence-electron chi connectivity index (χ0n) is 22.8. The second kappa shape index (κ2) is 11.7. The number of thioether (sulfide) groups is 1. The first-order valence-electron chi connectivity index (χ1n) is 12.7. The van der Waals surface area contributed by atoms with Crippen molar-refractivity contribution >= 4 is 28.8 Å². The lowest BCUT2D eigenvalue weighted by atomic mass is 10.1. The summed E-state index contributed by atoms with van der Waals surface area (Å²) < 4.78 is 48.0. The molecule has 41 heavy (non-hydrogen) atoms. The Balaban J connectivity index is 1.28. The molecule has 5 rings (SSSR count). The number of alkyl halides is 3. The maximum absolute atomic E-state index is 12.4. The Morgan fingerprint density at radius 2 is 1.68 bits per heavy atom. The van der Waals surface area contributed by atoms with Gasteiger partial charge in [-0.25, -0.2) is 9.67 Å². The molecule has 1 unspecified atom stereocenters. The van der Waals surface area contributed by atoms with Gasteiger partial charge in [-0.15, -0.1) is 23.4 Å². The van der Waals surface area contributed by atoms with Crippen molar-refractivity contribution in [2.45, 2.75) is 33.2 Å². The van der Waals surface area contributed by atoms with Gasteiger partial charge >= 0.3 is 6.36 Å². The second-order valence-corrected chi connectivity index (χ2v) is 10.4. The zero-order valence-corrected chi connectivity index (χ0v) is 23.6. The van der Waals surface area contributed by atoms with Gasteiger partial charge in [-0.2, -0.15) is 5.10 Å². The van der Waals surface area contributed by atoms with Gasteiger partial charge in [-0.05, 0) is 73.9 Å². The maximum atomic E-state index is 12.4. The first kappa shape index (κ1) is 28.2. The van der Waals surface area contributed by atoms with Crippen molar-refractivity contribution in [1.82, 2.24) is 14.8 Å². The van der Waals surface area contributed by atoms with Crippen LogP contribution in [0, 0.1) is 13.8 Å². The molecule has 3 aromatic carbocycles. The molecule has 1 aliphatic rings. The average Bonchev–Trinajstić information content (AvgIpc) is 3.56. The molecule has 4 aromatic rings. The van der Waals surface area contributed by atoms with E-state index >= 15 is 0 Å². The molecule has 1 aliphatic heterocycles. The van der Waals surface area contributed by atoms with Crippen LogP contribution in [-0.2, 0) is 0 Å². The highest BCUT2D eigenvalue weighted by molar-refractivity contribution is 8.14. The van der Waals surface area contributed by atoms with Crippen molar-refractivity contribution in [3.05, 3.63) is 83.7 Å². The largest absolute Gasteiger partial charge is 0.573 e. The van der Waals surface area contributed by atoms with Crippen molar-refractivity contribution in [3.8, 4) is 28.6 Å². The molecule has 1 saturated heterocycles. The molecule has 0 N–H and O–H groups in total. The van der Waals surface area contributed by atoms with Crippen LogP contribution >= 0.6 is 11.8 Å². The van der Waals surface area contributed by atoms with Gasteiger partial charge in [0.15, 0.2) is 11.0 Å². The van der Waals surface area contributed by atoms with Crippen LogP contribution in [0.5, 0.6) is 11.5 Å². The number of ether oxygens (including phenoxy) is 2. The fraction of sp³-hybridized carbons (Fsp3) is 0.241. The molecule has 0 spiro atoms. The summed E-state index contributed by atoms with van der Waals surface area (Å²) in [6.07, 6.45) is -1.54. The Hall–Kier alpha value is -4.32. The molecule has 0 saturated carbocycles. The number of benzene rings is 3. The minimum absolute atomic E-state index is 0.275. The van der Waals surface area contributed by atoms with E-state index in [4.69, 9.17) is 4.74 Å². The summed E-state index contributed by atoms with van der Waals surface area (Å²) in [6, 6.07) is 17.3. The quantitative estimate of drug-likeness (QED) is 0.177. The minimum atomic E-state index is -4.74. The number of nitrogens with zero attached hydrogens (tertiary/aromatic N) is 6. The Morgan fingerprint density at radius 3 is 2.32 bits per heavy atom. The minimum Gasteiger partial charge on any atom is -0.497 e. The van der Waals surface area contributed by atoms with Crippen molar-refractivity contribution in [2.75, 3.05) is 17.8 Å². The fourth-order valence-electron chi connectivity index (χ4n) is 4.52. The summed E-state index contributed by atoms with van der Waals surface area (Å²) in [4.78, 5) is 6.56. The summed E-state index contributed by atoms with van der Waals surface area (Å²) in [6.45, 7) is 6.32. The van der Waals surface area contributed by atoms with E-state index in [1.165, 1.54) is 35.3 Å². The number of amidine groups is 1. The van der Waals surface area contributed by atoms with Gasteiger partial charge in [0, 0.05) is 23.0 Å². The number of aryl methyl sites for hydroxylation is 2. The van der Waals surface area contributed by atoms with E-state index < -0.39 is 6.36 Å². The second-order valence-electron chi connectivity index (χ2n) is 9.44. The monoisotopic (exact) mass is 580 g/mol. The summed E-state index contributed by atoms with van der Waals surface area (Å²) >= 11 is 1.67. The number of hydrogen-bond donors (Lipinski definition) is 0. The molecule has 1 aromatic heterocycles. The summed E-state index contributed by atoms with van der Waals surface area (Å²) in [7, 11) is 1.67. The van der Waals surface area contributed by atoms with Gasteiger partial charge < -0.3 is 14.4 Å². The number of methoxy groups -OCH3 is 1. The van der Waals surface area contributed by atoms with Crippen LogP contribution in [0.3, 0.4) is 0 Å². The zero-order chi connectivity index (χ0) is 29.1. The van der Waals surface area contributed by atoms with E-state index in [1.807, 2.05) is 36.4 Å². The normalized spacial score (nSPS) is 16.6. The molecule has 0 bridgehead atoms. The highest BCUT2D eigenvalue weighted by atomic mass is 32.2. The molecule has 0 amide bonds. The summed E-state index contributed by atoms with van der Waals surface area (Å²) in [5.74, 6) is 1.92. The van der Waals surface area contributed by atoms with Crippen LogP contribution in [0.25, 0.3) is 17.1 Å². The van der Waals surface area contributed by atoms with Crippen LogP contribution in [0.15, 0.2) is 77.2 Å². The number of hydrogen-bond acceptors (Lipinski definition) is 7. The van der Waals surface area contributed by atoms with E-state index in [2.05, 4.69) is 50.7 Å². The Bertz CT molecular complexity index is 1560. The lowest BCUT2D eigenvalue weighted by Gasteiger charge is -2.27. The smallest absolute Gasteiger partial charge is 0.497 e. The predicted molar refractivity (Wildman–Crippen MR) is 155 cm³/mol. The molecule has 212 valence electrons. The lowest BCUT2D eigenvalue weighted by Crippen LogP contribution is -2.32. The van der Waals surface area contributed by atoms with E-state index in [0.717, 1.165) is 44.6 Å². The predicted octanol–water partition coefficient (Wildman–Crippen LogP) is 6.79. The van der Waals surface area contributed by atoms with Gasteiger partial charge in [-0.3, -0.25) is 0 Å². The molecule has 0 aliphatic carbocycles. The van der Waals surface area contributed by atoms with Gasteiger partial charge in [0.05, 0.1) is 19.0 Å². The van der Waals surface area contributed by atoms with E-state index in [-0.39, 0.29) is 11.8 Å². The third-order valence-electron chi connectivity index (χ3n) is 6.39. The van der Waals surface area contributed by atoms with Crippen LogP contribution in [-0.4, -0.2) is 51.4 Å². The van der Waals surface area contributed by atoms with E-state index in [0.29, 0.717) is 11.5 Å². The van der Waals surface area contributed by atoms with Gasteiger partial charge in [-0.1, -0.05) is 36.0 Å². The molecule has 2 heterocycles. The highest BCUT2D eigenvalue weighted by Gasteiger charge is 2.31. The molecular weight excluding hydrogens is 553 g/mol. The Kier molecular flexibility index (Phi) is 8.02. The van der Waals surface area contributed by atoms with Crippen molar-refractivity contribution in [1.29, 1.82) is 0 Å². The molecule has 8 nitrogen and oxygen atoms in total. The molecule has 0 radical (unpaired) electrons. The van der Waals surface area contributed by atoms with E-state index in [9.17, 15) is 13.2 Å². The SMILES string of the molecule is COc1cc(C)c(N2C(=NN=Cc3ccc(-c4ncn(-c5ccc(OC(F)(F)F)cc5)n4)cc3)SCC2C)c(C)c1. The fourth-order valence-corrected chi connectivity index (χ4v) is 5.57. The average molecular weight is 581 g/mol. The van der Waals surface area contributed by atoms with E-state index in [1.54, 1.807) is 25.1 Å². The van der Waals surface area contributed by atoms with Crippen LogP contribution < -0.4 is 14.4 Å². The number of halogens is 3. The topological polar surface area (TPSA) is 77.1 Å². The first-order valence-corrected chi connectivity index (χ1v) is 13.7. The lowest BCUT2D eigenvalue weighted by molar-refractivity contribution is -0.274. The third-order valence-corrected chi connectivity index (χ3v) is 7.57. The summed E-state index contributed by atoms with van der Waals surface area (Å²) in [5, 5.41) is 14.2. The molecule has 1 fully saturated rings. The molecule has 12 heteroatoms.